The molecule has 0 atom stereocenters. The highest BCUT2D eigenvalue weighted by Crippen LogP contribution is 2.31. The van der Waals surface area contributed by atoms with Crippen molar-refractivity contribution in [2.45, 2.75) is 6.92 Å². The molecule has 0 saturated carbocycles. The molecule has 2 nitrogen and oxygen atoms in total. The number of aryl methyl sites for hydroxylation is 1. The summed E-state index contributed by atoms with van der Waals surface area (Å²) in [5, 5.41) is 10.8. The van der Waals surface area contributed by atoms with Gasteiger partial charge in [0.2, 0.25) is 0 Å². The molecule has 0 fully saturated rings. The lowest BCUT2D eigenvalue weighted by molar-refractivity contribution is 0.474. The molecule has 1 N–H and O–H groups in total. The monoisotopic (exact) mass is 357 g/mol. The van der Waals surface area contributed by atoms with E-state index in [4.69, 9.17) is 23.2 Å². The third-order valence-electron chi connectivity index (χ3n) is 2.56. The first-order valence-corrected chi connectivity index (χ1v) is 7.00. The summed E-state index contributed by atoms with van der Waals surface area (Å²) in [6.07, 6.45) is 1.57. The number of halogens is 3. The van der Waals surface area contributed by atoms with Gasteiger partial charge in [0.25, 0.3) is 0 Å². The first-order chi connectivity index (χ1) is 8.97. The van der Waals surface area contributed by atoms with Crippen LogP contribution in [0, 0.1) is 6.92 Å². The lowest BCUT2D eigenvalue weighted by Gasteiger charge is -2.03. The van der Waals surface area contributed by atoms with E-state index in [1.165, 1.54) is 0 Å². The van der Waals surface area contributed by atoms with Crippen LogP contribution in [0.15, 0.2) is 39.8 Å². The third kappa shape index (κ3) is 3.50. The number of hydrogen-bond donors (Lipinski definition) is 1. The Morgan fingerprint density at radius 1 is 1.21 bits per heavy atom. The van der Waals surface area contributed by atoms with Crippen molar-refractivity contribution in [1.29, 1.82) is 0 Å². The van der Waals surface area contributed by atoms with Crippen LogP contribution in [0.4, 0.5) is 5.69 Å². The van der Waals surface area contributed by atoms with Crippen molar-refractivity contribution in [3.05, 3.63) is 56.0 Å². The van der Waals surface area contributed by atoms with Crippen molar-refractivity contribution in [3.63, 3.8) is 0 Å². The van der Waals surface area contributed by atoms with Crippen LogP contribution in [-0.4, -0.2) is 11.3 Å². The molecule has 0 aliphatic heterocycles. The fourth-order valence-corrected chi connectivity index (χ4v) is 2.65. The van der Waals surface area contributed by atoms with E-state index in [2.05, 4.69) is 20.9 Å². The minimum atomic E-state index is 0.0141. The minimum Gasteiger partial charge on any atom is -0.506 e. The van der Waals surface area contributed by atoms with E-state index in [1.54, 1.807) is 24.4 Å². The Balaban J connectivity index is 2.38. The summed E-state index contributed by atoms with van der Waals surface area (Å²) in [6, 6.07) is 8.81. The van der Waals surface area contributed by atoms with Gasteiger partial charge in [-0.15, -0.1) is 0 Å². The van der Waals surface area contributed by atoms with E-state index in [0.717, 1.165) is 15.7 Å². The number of aliphatic imine (C=N–C) groups is 1. The molecule has 0 radical (unpaired) electrons. The second-order valence-electron chi connectivity index (χ2n) is 4.01. The van der Waals surface area contributed by atoms with Gasteiger partial charge in [0.1, 0.15) is 5.75 Å². The Morgan fingerprint density at radius 3 is 2.63 bits per heavy atom. The lowest BCUT2D eigenvalue weighted by atomic mass is 10.2. The van der Waals surface area contributed by atoms with E-state index >= 15 is 0 Å². The molecule has 0 spiro atoms. The van der Waals surface area contributed by atoms with Gasteiger partial charge in [-0.3, -0.25) is 4.99 Å². The maximum absolute atomic E-state index is 9.85. The summed E-state index contributed by atoms with van der Waals surface area (Å²) in [7, 11) is 0. The van der Waals surface area contributed by atoms with Gasteiger partial charge in [0.05, 0.1) is 10.7 Å². The zero-order valence-electron chi connectivity index (χ0n) is 9.99. The Hall–Kier alpha value is -1.03. The number of rotatable bonds is 2. The first-order valence-electron chi connectivity index (χ1n) is 5.45. The highest BCUT2D eigenvalue weighted by Gasteiger charge is 2.06. The highest BCUT2D eigenvalue weighted by molar-refractivity contribution is 9.10. The van der Waals surface area contributed by atoms with Crippen LogP contribution in [0.3, 0.4) is 0 Å². The molecule has 0 heterocycles. The Morgan fingerprint density at radius 2 is 1.95 bits per heavy atom. The zero-order chi connectivity index (χ0) is 14.0. The number of benzene rings is 2. The molecule has 0 aliphatic carbocycles. The fourth-order valence-electron chi connectivity index (χ4n) is 1.59. The predicted octanol–water partition coefficient (Wildman–Crippen LogP) is 5.52. The average Bonchev–Trinajstić information content (AvgIpc) is 2.33. The van der Waals surface area contributed by atoms with Crippen LogP contribution in [0.5, 0.6) is 5.75 Å². The average molecular weight is 359 g/mol. The van der Waals surface area contributed by atoms with Gasteiger partial charge in [0.15, 0.2) is 0 Å². The Bertz CT molecular complexity index is 656. The van der Waals surface area contributed by atoms with Gasteiger partial charge in [-0.05, 0) is 42.8 Å². The fraction of sp³-hybridized carbons (Fsp3) is 0.0714. The van der Waals surface area contributed by atoms with Gasteiger partial charge >= 0.3 is 0 Å². The lowest BCUT2D eigenvalue weighted by Crippen LogP contribution is -1.85. The van der Waals surface area contributed by atoms with Crippen LogP contribution in [0.2, 0.25) is 10.0 Å². The molecule has 98 valence electrons. The Labute approximate surface area is 129 Å². The quantitative estimate of drug-likeness (QED) is 0.704. The predicted molar refractivity (Wildman–Crippen MR) is 84.3 cm³/mol. The largest absolute Gasteiger partial charge is 0.506 e. The van der Waals surface area contributed by atoms with Crippen molar-refractivity contribution in [1.82, 2.24) is 0 Å². The van der Waals surface area contributed by atoms with E-state index in [1.807, 2.05) is 19.1 Å². The molecule has 0 saturated heterocycles. The molecular formula is C14H10BrCl2NO. The molecule has 0 aromatic heterocycles. The van der Waals surface area contributed by atoms with Gasteiger partial charge < -0.3 is 5.11 Å². The number of aromatic hydroxyl groups is 1. The topological polar surface area (TPSA) is 32.6 Å². The van der Waals surface area contributed by atoms with Crippen molar-refractivity contribution < 1.29 is 5.11 Å². The number of phenols is 1. The van der Waals surface area contributed by atoms with Gasteiger partial charge in [-0.25, -0.2) is 0 Å². The van der Waals surface area contributed by atoms with Crippen molar-refractivity contribution in [3.8, 4) is 5.75 Å². The number of phenolic OH excluding ortho intramolecular Hbond substituents is 1. The molecule has 2 rings (SSSR count). The third-order valence-corrected chi connectivity index (χ3v) is 3.54. The summed E-state index contributed by atoms with van der Waals surface area (Å²) >= 11 is 15.1. The summed E-state index contributed by atoms with van der Waals surface area (Å²) in [5.74, 6) is 0.0141. The normalized spacial score (nSPS) is 11.2. The molecule has 2 aromatic carbocycles. The van der Waals surface area contributed by atoms with Crippen LogP contribution >= 0.6 is 39.1 Å². The van der Waals surface area contributed by atoms with Gasteiger partial charge in [-0.2, -0.15) is 0 Å². The zero-order valence-corrected chi connectivity index (χ0v) is 13.1. The van der Waals surface area contributed by atoms with Crippen molar-refractivity contribution in [2.24, 2.45) is 4.99 Å². The maximum atomic E-state index is 9.85. The van der Waals surface area contributed by atoms with E-state index < -0.39 is 0 Å². The molecule has 19 heavy (non-hydrogen) atoms. The summed E-state index contributed by atoms with van der Waals surface area (Å²) < 4.78 is 0.782. The summed E-state index contributed by atoms with van der Waals surface area (Å²) in [4.78, 5) is 4.34. The van der Waals surface area contributed by atoms with Gasteiger partial charge in [0, 0.05) is 21.3 Å². The molecular weight excluding hydrogens is 349 g/mol. The van der Waals surface area contributed by atoms with Crippen molar-refractivity contribution in [2.75, 3.05) is 0 Å². The molecule has 0 bridgehead atoms. The first kappa shape index (κ1) is 14.4. The summed E-state index contributed by atoms with van der Waals surface area (Å²) in [5.41, 5.74) is 2.30. The van der Waals surface area contributed by atoms with E-state index in [-0.39, 0.29) is 10.8 Å². The maximum Gasteiger partial charge on any atom is 0.143 e. The number of hydrogen-bond acceptors (Lipinski definition) is 2. The van der Waals surface area contributed by atoms with E-state index in [0.29, 0.717) is 10.6 Å². The Kier molecular flexibility index (Phi) is 4.50. The summed E-state index contributed by atoms with van der Waals surface area (Å²) in [6.45, 7) is 1.92. The second-order valence-corrected chi connectivity index (χ2v) is 5.77. The van der Waals surface area contributed by atoms with Crippen LogP contribution in [0.1, 0.15) is 11.1 Å². The molecule has 0 amide bonds. The number of nitrogens with zero attached hydrogens (tertiary/aromatic N) is 1. The van der Waals surface area contributed by atoms with Gasteiger partial charge in [-0.1, -0.05) is 39.1 Å². The van der Waals surface area contributed by atoms with Crippen LogP contribution in [0.25, 0.3) is 0 Å². The van der Waals surface area contributed by atoms with Crippen LogP contribution in [-0.2, 0) is 0 Å². The van der Waals surface area contributed by atoms with E-state index in [9.17, 15) is 5.11 Å². The minimum absolute atomic E-state index is 0.0141. The standard InChI is InChI=1S/C14H10BrCl2NO/c1-8-4-11(16)2-3-13(8)18-7-9-5-10(15)6-12(17)14(9)19/h2-7,19H,1H3. The second kappa shape index (κ2) is 5.95. The molecule has 2 aromatic rings. The SMILES string of the molecule is Cc1cc(Cl)ccc1N=Cc1cc(Br)cc(Cl)c1O. The van der Waals surface area contributed by atoms with Crippen LogP contribution < -0.4 is 0 Å². The molecule has 0 aliphatic rings. The smallest absolute Gasteiger partial charge is 0.143 e. The highest BCUT2D eigenvalue weighted by atomic mass is 79.9. The molecule has 5 heteroatoms. The van der Waals surface area contributed by atoms with Crippen molar-refractivity contribution >= 4 is 51.0 Å². The molecule has 0 unspecified atom stereocenters.